The van der Waals surface area contributed by atoms with Crippen LogP contribution in [-0.4, -0.2) is 15.3 Å². The highest BCUT2D eigenvalue weighted by Crippen LogP contribution is 2.21. The molecular formula is C6H3N3O3. The summed E-state index contributed by atoms with van der Waals surface area (Å²) in [6.07, 6.45) is 0. The maximum Gasteiger partial charge on any atom is 0.300 e. The van der Waals surface area contributed by atoms with Crippen molar-refractivity contribution < 1.29 is 9.45 Å². The molecule has 0 aliphatic rings. The van der Waals surface area contributed by atoms with Crippen molar-refractivity contribution in [1.82, 2.24) is 10.4 Å². The Labute approximate surface area is 65.9 Å². The molecular weight excluding hydrogens is 162 g/mol. The molecule has 0 atom stereocenters. The lowest BCUT2D eigenvalue weighted by molar-refractivity contribution is -0.383. The van der Waals surface area contributed by atoms with E-state index in [1.54, 1.807) is 6.07 Å². The number of nitro groups is 1. The summed E-state index contributed by atoms with van der Waals surface area (Å²) in [6, 6.07) is 4.45. The third-order valence-corrected chi connectivity index (χ3v) is 1.45. The molecule has 2 aromatic rings. The first-order chi connectivity index (χ1) is 5.79. The topological polar surface area (TPSA) is 82.1 Å². The smallest absolute Gasteiger partial charge is 0.300 e. The lowest BCUT2D eigenvalue weighted by Gasteiger charge is -1.87. The van der Waals surface area contributed by atoms with Gasteiger partial charge in [0.15, 0.2) is 5.58 Å². The van der Waals surface area contributed by atoms with Gasteiger partial charge in [-0.1, -0.05) is 6.07 Å². The third kappa shape index (κ3) is 0.815. The summed E-state index contributed by atoms with van der Waals surface area (Å²) < 4.78 is 4.64. The van der Waals surface area contributed by atoms with E-state index in [0.717, 1.165) is 0 Å². The predicted octanol–water partition coefficient (Wildman–Crippen LogP) is 1.13. The van der Waals surface area contributed by atoms with Gasteiger partial charge in [-0.2, -0.15) is 0 Å². The van der Waals surface area contributed by atoms with E-state index >= 15 is 0 Å². The Kier molecular flexibility index (Phi) is 1.26. The molecule has 0 fully saturated rings. The molecule has 0 bridgehead atoms. The SMILES string of the molecule is O=[N+]([O-])c1cccc2onnc12. The van der Waals surface area contributed by atoms with Crippen LogP contribution in [0.1, 0.15) is 0 Å². The fourth-order valence-electron chi connectivity index (χ4n) is 0.937. The molecule has 60 valence electrons. The van der Waals surface area contributed by atoms with Gasteiger partial charge in [0.05, 0.1) is 4.92 Å². The number of hydrogen-bond acceptors (Lipinski definition) is 5. The molecule has 0 spiro atoms. The Morgan fingerprint density at radius 3 is 3.08 bits per heavy atom. The molecule has 6 heteroatoms. The fraction of sp³-hybridized carbons (Fsp3) is 0. The number of rotatable bonds is 1. The van der Waals surface area contributed by atoms with Gasteiger partial charge in [-0.15, -0.1) is 5.10 Å². The molecule has 0 saturated carbocycles. The van der Waals surface area contributed by atoms with Crippen molar-refractivity contribution in [1.29, 1.82) is 0 Å². The van der Waals surface area contributed by atoms with Crippen LogP contribution in [0.2, 0.25) is 0 Å². The van der Waals surface area contributed by atoms with E-state index in [1.165, 1.54) is 12.1 Å². The summed E-state index contributed by atoms with van der Waals surface area (Å²) in [5, 5.41) is 17.1. The summed E-state index contributed by atoms with van der Waals surface area (Å²) in [5.41, 5.74) is 0.417. The largest absolute Gasteiger partial charge is 0.337 e. The van der Waals surface area contributed by atoms with Crippen LogP contribution in [0.5, 0.6) is 0 Å². The summed E-state index contributed by atoms with van der Waals surface area (Å²) in [7, 11) is 0. The van der Waals surface area contributed by atoms with E-state index in [1.807, 2.05) is 0 Å². The standard InChI is InChI=1S/C6H3N3O3/c10-9(11)4-2-1-3-5-6(4)7-8-12-5/h1-3H. The van der Waals surface area contributed by atoms with Crippen molar-refractivity contribution >= 4 is 16.8 Å². The van der Waals surface area contributed by atoms with Crippen molar-refractivity contribution in [2.45, 2.75) is 0 Å². The molecule has 2 rings (SSSR count). The van der Waals surface area contributed by atoms with Crippen molar-refractivity contribution in [3.05, 3.63) is 28.3 Å². The van der Waals surface area contributed by atoms with Crippen LogP contribution >= 0.6 is 0 Å². The molecule has 0 amide bonds. The van der Waals surface area contributed by atoms with Crippen molar-refractivity contribution in [2.75, 3.05) is 0 Å². The van der Waals surface area contributed by atoms with Gasteiger partial charge in [0.1, 0.15) is 0 Å². The predicted molar refractivity (Wildman–Crippen MR) is 38.5 cm³/mol. The maximum absolute atomic E-state index is 10.4. The van der Waals surface area contributed by atoms with Gasteiger partial charge in [0.25, 0.3) is 0 Å². The van der Waals surface area contributed by atoms with E-state index in [-0.39, 0.29) is 11.2 Å². The Morgan fingerprint density at radius 1 is 1.50 bits per heavy atom. The normalized spacial score (nSPS) is 10.3. The fourth-order valence-corrected chi connectivity index (χ4v) is 0.937. The molecule has 6 nitrogen and oxygen atoms in total. The van der Waals surface area contributed by atoms with Gasteiger partial charge >= 0.3 is 5.69 Å². The second-order valence-corrected chi connectivity index (χ2v) is 2.15. The van der Waals surface area contributed by atoms with Gasteiger partial charge in [-0.3, -0.25) is 10.1 Å². The zero-order valence-corrected chi connectivity index (χ0v) is 5.80. The van der Waals surface area contributed by atoms with Crippen LogP contribution in [0.4, 0.5) is 5.69 Å². The van der Waals surface area contributed by atoms with E-state index in [9.17, 15) is 10.1 Å². The molecule has 0 radical (unpaired) electrons. The number of benzene rings is 1. The minimum atomic E-state index is -0.521. The van der Waals surface area contributed by atoms with Gasteiger partial charge in [-0.25, -0.2) is 0 Å². The summed E-state index contributed by atoms with van der Waals surface area (Å²) in [6.45, 7) is 0. The summed E-state index contributed by atoms with van der Waals surface area (Å²) in [4.78, 5) is 9.89. The van der Waals surface area contributed by atoms with E-state index in [4.69, 9.17) is 0 Å². The summed E-state index contributed by atoms with van der Waals surface area (Å²) >= 11 is 0. The monoisotopic (exact) mass is 165 g/mol. The molecule has 0 aliphatic carbocycles. The van der Waals surface area contributed by atoms with Gasteiger partial charge in [0.2, 0.25) is 5.52 Å². The van der Waals surface area contributed by atoms with Crippen LogP contribution in [0.3, 0.4) is 0 Å². The molecule has 1 aromatic heterocycles. The number of aromatic nitrogens is 2. The van der Waals surface area contributed by atoms with Crippen LogP contribution in [0, 0.1) is 10.1 Å². The van der Waals surface area contributed by atoms with Gasteiger partial charge < -0.3 is 4.52 Å². The Balaban J connectivity index is 2.82. The number of non-ortho nitro benzene ring substituents is 1. The van der Waals surface area contributed by atoms with Crippen LogP contribution in [-0.2, 0) is 0 Å². The summed E-state index contributed by atoms with van der Waals surface area (Å²) in [5.74, 6) is 0. The second-order valence-electron chi connectivity index (χ2n) is 2.15. The van der Waals surface area contributed by atoms with Gasteiger partial charge in [0, 0.05) is 11.3 Å². The van der Waals surface area contributed by atoms with E-state index < -0.39 is 4.92 Å². The lowest BCUT2D eigenvalue weighted by atomic mass is 10.3. The minimum Gasteiger partial charge on any atom is -0.337 e. The minimum absolute atomic E-state index is 0.0891. The van der Waals surface area contributed by atoms with Gasteiger partial charge in [-0.05, 0) is 6.07 Å². The average molecular weight is 165 g/mol. The van der Waals surface area contributed by atoms with Crippen molar-refractivity contribution in [3.8, 4) is 0 Å². The van der Waals surface area contributed by atoms with E-state index in [2.05, 4.69) is 14.9 Å². The Bertz CT molecular complexity index is 436. The molecule has 0 aliphatic heterocycles. The molecule has 0 saturated heterocycles. The maximum atomic E-state index is 10.4. The molecule has 0 unspecified atom stereocenters. The Morgan fingerprint density at radius 2 is 2.33 bits per heavy atom. The van der Waals surface area contributed by atoms with Crippen LogP contribution < -0.4 is 0 Å². The first-order valence-corrected chi connectivity index (χ1v) is 3.14. The number of nitrogens with zero attached hydrogens (tertiary/aromatic N) is 3. The molecule has 0 N–H and O–H groups in total. The van der Waals surface area contributed by atoms with Crippen molar-refractivity contribution in [3.63, 3.8) is 0 Å². The highest BCUT2D eigenvalue weighted by atomic mass is 16.6. The lowest BCUT2D eigenvalue weighted by Crippen LogP contribution is -1.88. The quantitative estimate of drug-likeness (QED) is 0.467. The number of nitro benzene ring substituents is 1. The van der Waals surface area contributed by atoms with Crippen LogP contribution in [0.25, 0.3) is 11.1 Å². The number of hydrogen-bond donors (Lipinski definition) is 0. The number of fused-ring (bicyclic) bond motifs is 1. The Hall–Kier alpha value is -1.98. The molecule has 1 heterocycles. The highest BCUT2D eigenvalue weighted by molar-refractivity contribution is 5.81. The average Bonchev–Trinajstić information content (AvgIpc) is 2.49. The second kappa shape index (κ2) is 2.26. The third-order valence-electron chi connectivity index (χ3n) is 1.45. The highest BCUT2D eigenvalue weighted by Gasteiger charge is 2.14. The zero-order valence-electron chi connectivity index (χ0n) is 5.80. The zero-order chi connectivity index (χ0) is 8.55. The van der Waals surface area contributed by atoms with Crippen molar-refractivity contribution in [2.24, 2.45) is 0 Å². The van der Waals surface area contributed by atoms with E-state index in [0.29, 0.717) is 5.58 Å². The first kappa shape index (κ1) is 6.71. The molecule has 1 aromatic carbocycles. The first-order valence-electron chi connectivity index (χ1n) is 3.14. The molecule has 12 heavy (non-hydrogen) atoms. The van der Waals surface area contributed by atoms with Crippen LogP contribution in [0.15, 0.2) is 22.7 Å².